The summed E-state index contributed by atoms with van der Waals surface area (Å²) in [5.74, 6) is 0.908. The molecule has 24 heavy (non-hydrogen) atoms. The van der Waals surface area contributed by atoms with Crippen LogP contribution in [0.15, 0.2) is 42.5 Å². The van der Waals surface area contributed by atoms with Gasteiger partial charge in [-0.05, 0) is 56.5 Å². The zero-order valence-electron chi connectivity index (χ0n) is 15.1. The van der Waals surface area contributed by atoms with Gasteiger partial charge in [0.05, 0.1) is 6.61 Å². The Morgan fingerprint density at radius 3 is 2.42 bits per heavy atom. The number of aryl methyl sites for hydroxylation is 1. The van der Waals surface area contributed by atoms with E-state index in [2.05, 4.69) is 43.4 Å². The zero-order valence-corrected chi connectivity index (χ0v) is 15.1. The van der Waals surface area contributed by atoms with Gasteiger partial charge in [0.15, 0.2) is 5.78 Å². The van der Waals surface area contributed by atoms with Crippen molar-refractivity contribution in [3.63, 3.8) is 0 Å². The fourth-order valence-corrected chi connectivity index (χ4v) is 2.66. The predicted octanol–water partition coefficient (Wildman–Crippen LogP) is 4.70. The average Bonchev–Trinajstić information content (AvgIpc) is 2.60. The van der Waals surface area contributed by atoms with Crippen molar-refractivity contribution in [1.29, 1.82) is 0 Å². The van der Waals surface area contributed by atoms with E-state index in [1.807, 2.05) is 25.1 Å². The van der Waals surface area contributed by atoms with Crippen molar-refractivity contribution in [3.8, 4) is 5.75 Å². The quantitative estimate of drug-likeness (QED) is 0.715. The first-order valence-electron chi connectivity index (χ1n) is 8.64. The third kappa shape index (κ3) is 4.68. The van der Waals surface area contributed by atoms with Crippen LogP contribution in [0.1, 0.15) is 60.8 Å². The van der Waals surface area contributed by atoms with E-state index in [0.29, 0.717) is 13.2 Å². The van der Waals surface area contributed by atoms with Crippen LogP contribution in [0.3, 0.4) is 0 Å². The van der Waals surface area contributed by atoms with Crippen molar-refractivity contribution < 1.29 is 9.53 Å². The summed E-state index contributed by atoms with van der Waals surface area (Å²) in [5, 5.41) is 3.53. The van der Waals surface area contributed by atoms with Gasteiger partial charge in [-0.1, -0.05) is 31.2 Å². The third-order valence-corrected chi connectivity index (χ3v) is 4.25. The first-order chi connectivity index (χ1) is 11.5. The van der Waals surface area contributed by atoms with Gasteiger partial charge in [0, 0.05) is 23.7 Å². The van der Waals surface area contributed by atoms with Gasteiger partial charge in [0.2, 0.25) is 0 Å². The monoisotopic (exact) mass is 325 g/mol. The molecular weight excluding hydrogens is 298 g/mol. The predicted molar refractivity (Wildman–Crippen MR) is 98.7 cm³/mol. The molecule has 1 atom stereocenters. The van der Waals surface area contributed by atoms with E-state index in [-0.39, 0.29) is 11.8 Å². The van der Waals surface area contributed by atoms with Gasteiger partial charge in [-0.2, -0.15) is 0 Å². The number of ether oxygens (including phenoxy) is 1. The first-order valence-corrected chi connectivity index (χ1v) is 8.64. The summed E-state index contributed by atoms with van der Waals surface area (Å²) in [6, 6.07) is 14.6. The minimum Gasteiger partial charge on any atom is -0.494 e. The Bertz CT molecular complexity index is 677. The van der Waals surface area contributed by atoms with Crippen LogP contribution in [-0.2, 0) is 13.0 Å². The number of carbonyl (C=O) groups is 1. The number of hydrogen-bond acceptors (Lipinski definition) is 3. The van der Waals surface area contributed by atoms with Crippen LogP contribution < -0.4 is 10.1 Å². The summed E-state index contributed by atoms with van der Waals surface area (Å²) in [5.41, 5.74) is 4.34. The highest BCUT2D eigenvalue weighted by Crippen LogP contribution is 2.22. The summed E-state index contributed by atoms with van der Waals surface area (Å²) in [7, 11) is 0. The lowest BCUT2D eigenvalue weighted by Crippen LogP contribution is -2.19. The Kier molecular flexibility index (Phi) is 6.56. The van der Waals surface area contributed by atoms with Gasteiger partial charge < -0.3 is 10.1 Å². The average molecular weight is 325 g/mol. The van der Waals surface area contributed by atoms with Gasteiger partial charge >= 0.3 is 0 Å². The number of nitrogens with one attached hydrogen (secondary N) is 1. The molecule has 2 rings (SSSR count). The Hall–Kier alpha value is -2.13. The highest BCUT2D eigenvalue weighted by atomic mass is 16.5. The van der Waals surface area contributed by atoms with Gasteiger partial charge in [-0.3, -0.25) is 4.79 Å². The van der Waals surface area contributed by atoms with Crippen LogP contribution in [0.2, 0.25) is 0 Å². The Balaban J connectivity index is 2.10. The highest BCUT2D eigenvalue weighted by molar-refractivity contribution is 5.94. The Labute approximate surface area is 145 Å². The minimum absolute atomic E-state index is 0.0718. The number of hydrogen-bond donors (Lipinski definition) is 1. The van der Waals surface area contributed by atoms with Crippen molar-refractivity contribution in [1.82, 2.24) is 5.32 Å². The second kappa shape index (κ2) is 8.65. The summed E-state index contributed by atoms with van der Waals surface area (Å²) in [4.78, 5) is 11.6. The van der Waals surface area contributed by atoms with E-state index in [4.69, 9.17) is 4.74 Å². The second-order valence-corrected chi connectivity index (χ2v) is 6.01. The van der Waals surface area contributed by atoms with E-state index in [1.165, 1.54) is 11.1 Å². The Morgan fingerprint density at radius 2 is 1.83 bits per heavy atom. The van der Waals surface area contributed by atoms with Crippen molar-refractivity contribution in [2.24, 2.45) is 0 Å². The van der Waals surface area contributed by atoms with Gasteiger partial charge in [-0.15, -0.1) is 0 Å². The molecular formula is C21H27NO2. The van der Waals surface area contributed by atoms with Crippen molar-refractivity contribution >= 4 is 5.78 Å². The summed E-state index contributed by atoms with van der Waals surface area (Å²) >= 11 is 0. The first kappa shape index (κ1) is 18.2. The summed E-state index contributed by atoms with van der Waals surface area (Å²) in [6.45, 7) is 9.14. The van der Waals surface area contributed by atoms with Crippen LogP contribution in [0.5, 0.6) is 5.75 Å². The molecule has 2 aromatic rings. The van der Waals surface area contributed by atoms with Gasteiger partial charge in [0.1, 0.15) is 5.75 Å². The normalized spacial score (nSPS) is 12.0. The van der Waals surface area contributed by atoms with Gasteiger partial charge in [0.25, 0.3) is 0 Å². The molecule has 0 aliphatic heterocycles. The largest absolute Gasteiger partial charge is 0.494 e. The molecule has 0 bridgehead atoms. The maximum Gasteiger partial charge on any atom is 0.159 e. The van der Waals surface area contributed by atoms with Crippen molar-refractivity contribution in [2.45, 2.75) is 46.7 Å². The molecule has 128 valence electrons. The number of benzene rings is 2. The number of carbonyl (C=O) groups excluding carboxylic acids is 1. The van der Waals surface area contributed by atoms with Crippen molar-refractivity contribution in [3.05, 3.63) is 64.7 Å². The van der Waals surface area contributed by atoms with E-state index in [0.717, 1.165) is 23.3 Å². The zero-order chi connectivity index (χ0) is 17.5. The lowest BCUT2D eigenvalue weighted by Gasteiger charge is -2.17. The molecule has 3 nitrogen and oxygen atoms in total. The van der Waals surface area contributed by atoms with Crippen LogP contribution in [-0.4, -0.2) is 12.4 Å². The molecule has 0 amide bonds. The molecule has 0 aromatic heterocycles. The third-order valence-electron chi connectivity index (χ3n) is 4.25. The van der Waals surface area contributed by atoms with Crippen molar-refractivity contribution in [2.75, 3.05) is 6.61 Å². The second-order valence-electron chi connectivity index (χ2n) is 6.01. The highest BCUT2D eigenvalue weighted by Gasteiger charge is 2.10. The summed E-state index contributed by atoms with van der Waals surface area (Å²) < 4.78 is 5.69. The smallest absolute Gasteiger partial charge is 0.159 e. The molecule has 0 aliphatic rings. The molecule has 0 fully saturated rings. The molecule has 0 spiro atoms. The molecule has 0 heterocycles. The molecule has 0 saturated heterocycles. The fourth-order valence-electron chi connectivity index (χ4n) is 2.66. The van der Waals surface area contributed by atoms with Crippen LogP contribution in [0.4, 0.5) is 0 Å². The standard InChI is InChI=1S/C21H27NO2/c1-5-17-7-9-18(10-8-17)15(3)22-14-20-13-19(16(4)23)11-12-21(20)24-6-2/h7-13,15,22H,5-6,14H2,1-4H3. The van der Waals surface area contributed by atoms with E-state index >= 15 is 0 Å². The molecule has 1 unspecified atom stereocenters. The van der Waals surface area contributed by atoms with E-state index < -0.39 is 0 Å². The van der Waals surface area contributed by atoms with E-state index in [1.54, 1.807) is 6.92 Å². The topological polar surface area (TPSA) is 38.3 Å². The summed E-state index contributed by atoms with van der Waals surface area (Å²) in [6.07, 6.45) is 1.05. The molecule has 0 aliphatic carbocycles. The van der Waals surface area contributed by atoms with Crippen LogP contribution >= 0.6 is 0 Å². The van der Waals surface area contributed by atoms with Crippen LogP contribution in [0.25, 0.3) is 0 Å². The number of rotatable bonds is 8. The lowest BCUT2D eigenvalue weighted by molar-refractivity contribution is 0.101. The minimum atomic E-state index is 0.0718. The lowest BCUT2D eigenvalue weighted by atomic mass is 10.0. The number of ketones is 1. The van der Waals surface area contributed by atoms with Crippen LogP contribution in [0, 0.1) is 0 Å². The fraction of sp³-hybridized carbons (Fsp3) is 0.381. The molecule has 0 radical (unpaired) electrons. The number of Topliss-reactive ketones (excluding diaryl/α,β-unsaturated/α-hetero) is 1. The molecule has 0 saturated carbocycles. The Morgan fingerprint density at radius 1 is 1.12 bits per heavy atom. The van der Waals surface area contributed by atoms with Gasteiger partial charge in [-0.25, -0.2) is 0 Å². The molecule has 1 N–H and O–H groups in total. The maximum atomic E-state index is 11.6. The SMILES string of the molecule is CCOc1ccc(C(C)=O)cc1CNC(C)c1ccc(CC)cc1. The molecule has 3 heteroatoms. The van der Waals surface area contributed by atoms with E-state index in [9.17, 15) is 4.79 Å². The molecule has 2 aromatic carbocycles. The maximum absolute atomic E-state index is 11.6.